The van der Waals surface area contributed by atoms with Crippen LogP contribution in [-0.4, -0.2) is 17.6 Å². The maximum absolute atomic E-state index is 10.6. The Labute approximate surface area is 174 Å². The number of aliphatic carboxylic acids is 1. The molecule has 1 heterocycles. The number of rotatable bonds is 8. The molecule has 0 unspecified atom stereocenters. The van der Waals surface area contributed by atoms with Gasteiger partial charge in [-0.2, -0.15) is 0 Å². The number of fused-ring (bicyclic) bond motifs is 1. The van der Waals surface area contributed by atoms with Crippen molar-refractivity contribution in [3.8, 4) is 22.3 Å². The van der Waals surface area contributed by atoms with Gasteiger partial charge in [-0.1, -0.05) is 72.8 Å². The van der Waals surface area contributed by atoms with Gasteiger partial charge in [0.1, 0.15) is 0 Å². The van der Waals surface area contributed by atoms with Gasteiger partial charge >= 0.3 is 5.97 Å². The van der Waals surface area contributed by atoms with Crippen LogP contribution in [0.4, 0.5) is 0 Å². The highest BCUT2D eigenvalue weighted by molar-refractivity contribution is 7.19. The summed E-state index contributed by atoms with van der Waals surface area (Å²) in [6.07, 6.45) is 0.863. The second-order valence-corrected chi connectivity index (χ2v) is 8.19. The molecule has 0 atom stereocenters. The molecule has 4 heteroatoms. The molecule has 1 aromatic heterocycles. The van der Waals surface area contributed by atoms with Gasteiger partial charge in [-0.05, 0) is 46.7 Å². The molecular weight excluding hydrogens is 378 g/mol. The molecule has 0 radical (unpaired) electrons. The van der Waals surface area contributed by atoms with Gasteiger partial charge in [0.05, 0.1) is 0 Å². The fourth-order valence-electron chi connectivity index (χ4n) is 3.48. The van der Waals surface area contributed by atoms with E-state index in [4.69, 9.17) is 5.11 Å². The van der Waals surface area contributed by atoms with Crippen LogP contribution in [0.5, 0.6) is 0 Å². The first-order chi connectivity index (χ1) is 14.2. The van der Waals surface area contributed by atoms with Gasteiger partial charge in [0.15, 0.2) is 0 Å². The first-order valence-electron chi connectivity index (χ1n) is 9.80. The number of carbonyl (C=O) groups is 1. The third-order valence-electron chi connectivity index (χ3n) is 4.94. The monoisotopic (exact) mass is 401 g/mol. The molecule has 0 aliphatic rings. The largest absolute Gasteiger partial charge is 0.481 e. The Kier molecular flexibility index (Phi) is 6.03. The third-order valence-corrected chi connectivity index (χ3v) is 6.13. The average molecular weight is 402 g/mol. The Balaban J connectivity index is 1.52. The van der Waals surface area contributed by atoms with E-state index in [1.807, 2.05) is 6.07 Å². The number of carboxylic acid groups (broad SMARTS) is 1. The summed E-state index contributed by atoms with van der Waals surface area (Å²) in [5.41, 5.74) is 4.92. The van der Waals surface area contributed by atoms with E-state index >= 15 is 0 Å². The second-order valence-electron chi connectivity index (χ2n) is 7.05. The molecule has 0 aliphatic carbocycles. The third kappa shape index (κ3) is 4.73. The Bertz CT molecular complexity index is 1100. The summed E-state index contributed by atoms with van der Waals surface area (Å²) in [4.78, 5) is 11.9. The highest BCUT2D eigenvalue weighted by Crippen LogP contribution is 2.35. The highest BCUT2D eigenvalue weighted by atomic mass is 32.1. The van der Waals surface area contributed by atoms with Crippen molar-refractivity contribution in [1.29, 1.82) is 0 Å². The summed E-state index contributed by atoms with van der Waals surface area (Å²) >= 11 is 1.80. The summed E-state index contributed by atoms with van der Waals surface area (Å²) in [6, 6.07) is 27.8. The van der Waals surface area contributed by atoms with Crippen molar-refractivity contribution >= 4 is 27.4 Å². The fraction of sp³-hybridized carbons (Fsp3) is 0.160. The van der Waals surface area contributed by atoms with Crippen LogP contribution >= 0.6 is 11.3 Å². The molecule has 4 aromatic rings. The van der Waals surface area contributed by atoms with Gasteiger partial charge in [-0.3, -0.25) is 4.79 Å². The lowest BCUT2D eigenvalue weighted by Gasteiger charge is -2.06. The van der Waals surface area contributed by atoms with E-state index in [9.17, 15) is 4.79 Å². The van der Waals surface area contributed by atoms with Crippen LogP contribution < -0.4 is 5.32 Å². The molecule has 0 saturated carbocycles. The van der Waals surface area contributed by atoms with Gasteiger partial charge < -0.3 is 10.4 Å². The molecule has 2 N–H and O–H groups in total. The predicted octanol–water partition coefficient (Wildman–Crippen LogP) is 6.19. The van der Waals surface area contributed by atoms with Crippen molar-refractivity contribution in [3.63, 3.8) is 0 Å². The van der Waals surface area contributed by atoms with E-state index in [-0.39, 0.29) is 6.42 Å². The predicted molar refractivity (Wildman–Crippen MR) is 121 cm³/mol. The zero-order valence-electron chi connectivity index (χ0n) is 16.1. The number of nitrogens with one attached hydrogen (secondary N) is 1. The lowest BCUT2D eigenvalue weighted by molar-refractivity contribution is -0.137. The quantitative estimate of drug-likeness (QED) is 0.346. The number of hydrogen-bond acceptors (Lipinski definition) is 3. The summed E-state index contributed by atoms with van der Waals surface area (Å²) < 4.78 is 1.29. The maximum Gasteiger partial charge on any atom is 0.303 e. The van der Waals surface area contributed by atoms with Crippen LogP contribution in [0, 0.1) is 0 Å². The first-order valence-corrected chi connectivity index (χ1v) is 10.6. The van der Waals surface area contributed by atoms with E-state index in [1.165, 1.54) is 37.2 Å². The SMILES string of the molecule is O=C(O)CCCNCc1cc2cccc(-c3ccc(-c4ccccc4)cc3)c2s1. The standard InChI is InChI=1S/C25H23NO2S/c27-24(28)10-5-15-26-17-22-16-21-8-4-9-23(25(21)29-22)20-13-11-19(12-14-20)18-6-2-1-3-7-18/h1-4,6-9,11-14,16,26H,5,10,15,17H2,(H,27,28). The molecule has 0 saturated heterocycles. The van der Waals surface area contributed by atoms with Crippen LogP contribution in [0.1, 0.15) is 17.7 Å². The molecule has 29 heavy (non-hydrogen) atoms. The summed E-state index contributed by atoms with van der Waals surface area (Å²) in [7, 11) is 0. The van der Waals surface area contributed by atoms with Crippen molar-refractivity contribution in [3.05, 3.63) is 83.7 Å². The van der Waals surface area contributed by atoms with Crippen molar-refractivity contribution < 1.29 is 9.90 Å². The summed E-state index contributed by atoms with van der Waals surface area (Å²) in [5, 5.41) is 13.3. The van der Waals surface area contributed by atoms with E-state index < -0.39 is 5.97 Å². The topological polar surface area (TPSA) is 49.3 Å². The lowest BCUT2D eigenvalue weighted by Crippen LogP contribution is -2.14. The molecule has 4 rings (SSSR count). The van der Waals surface area contributed by atoms with Crippen LogP contribution in [0.2, 0.25) is 0 Å². The van der Waals surface area contributed by atoms with Crippen molar-refractivity contribution in [2.24, 2.45) is 0 Å². The summed E-state index contributed by atoms with van der Waals surface area (Å²) in [6.45, 7) is 1.49. The molecule has 146 valence electrons. The lowest BCUT2D eigenvalue weighted by atomic mass is 10.00. The zero-order chi connectivity index (χ0) is 20.1. The van der Waals surface area contributed by atoms with Crippen LogP contribution in [0.3, 0.4) is 0 Å². The number of hydrogen-bond donors (Lipinski definition) is 2. The minimum absolute atomic E-state index is 0.211. The Morgan fingerprint density at radius 2 is 1.59 bits per heavy atom. The number of benzene rings is 3. The van der Waals surface area contributed by atoms with E-state index in [0.717, 1.165) is 6.54 Å². The minimum Gasteiger partial charge on any atom is -0.481 e. The van der Waals surface area contributed by atoms with E-state index in [2.05, 4.69) is 78.1 Å². The van der Waals surface area contributed by atoms with Crippen LogP contribution in [-0.2, 0) is 11.3 Å². The van der Waals surface area contributed by atoms with Crippen molar-refractivity contribution in [2.75, 3.05) is 6.54 Å². The number of thiophene rings is 1. The van der Waals surface area contributed by atoms with Crippen molar-refractivity contribution in [2.45, 2.75) is 19.4 Å². The molecule has 0 spiro atoms. The van der Waals surface area contributed by atoms with Crippen molar-refractivity contribution in [1.82, 2.24) is 5.32 Å². The molecule has 0 bridgehead atoms. The molecule has 0 fully saturated rings. The minimum atomic E-state index is -0.739. The van der Waals surface area contributed by atoms with Gasteiger partial charge in [0, 0.05) is 22.5 Å². The van der Waals surface area contributed by atoms with Gasteiger partial charge in [0.2, 0.25) is 0 Å². The Morgan fingerprint density at radius 1 is 0.862 bits per heavy atom. The molecule has 0 amide bonds. The second kappa shape index (κ2) is 9.03. The molecular formula is C25H23NO2S. The Hall–Kier alpha value is -2.95. The van der Waals surface area contributed by atoms with E-state index in [1.54, 1.807) is 11.3 Å². The van der Waals surface area contributed by atoms with Gasteiger partial charge in [-0.15, -0.1) is 11.3 Å². The van der Waals surface area contributed by atoms with Gasteiger partial charge in [0.25, 0.3) is 0 Å². The van der Waals surface area contributed by atoms with Gasteiger partial charge in [-0.25, -0.2) is 0 Å². The zero-order valence-corrected chi connectivity index (χ0v) is 16.9. The Morgan fingerprint density at radius 3 is 2.34 bits per heavy atom. The fourth-order valence-corrected chi connectivity index (χ4v) is 4.64. The number of carboxylic acids is 1. The van der Waals surface area contributed by atoms with Crippen LogP contribution in [0.15, 0.2) is 78.9 Å². The normalized spacial score (nSPS) is 11.0. The molecule has 3 aromatic carbocycles. The summed E-state index contributed by atoms with van der Waals surface area (Å²) in [5.74, 6) is -0.739. The van der Waals surface area contributed by atoms with E-state index in [0.29, 0.717) is 13.0 Å². The average Bonchev–Trinajstić information content (AvgIpc) is 3.17. The van der Waals surface area contributed by atoms with Crippen LogP contribution in [0.25, 0.3) is 32.3 Å². The maximum atomic E-state index is 10.6. The highest BCUT2D eigenvalue weighted by Gasteiger charge is 2.09. The molecule has 0 aliphatic heterocycles. The first kappa shape index (κ1) is 19.4. The molecule has 3 nitrogen and oxygen atoms in total. The smallest absolute Gasteiger partial charge is 0.303 e.